The smallest absolute Gasteiger partial charge is 0.262 e. The number of benzene rings is 3. The molecule has 0 radical (unpaired) electrons. The predicted molar refractivity (Wildman–Crippen MR) is 143 cm³/mol. The third-order valence-corrected chi connectivity index (χ3v) is 6.33. The van der Waals surface area contributed by atoms with Crippen molar-refractivity contribution in [1.29, 1.82) is 0 Å². The molecule has 0 saturated carbocycles. The van der Waals surface area contributed by atoms with Crippen molar-refractivity contribution in [2.45, 2.75) is 58.8 Å². The van der Waals surface area contributed by atoms with Gasteiger partial charge in [-0.3, -0.25) is 9.59 Å². The van der Waals surface area contributed by atoms with Crippen molar-refractivity contribution in [1.82, 2.24) is 0 Å². The van der Waals surface area contributed by atoms with Crippen molar-refractivity contribution in [3.63, 3.8) is 0 Å². The Bertz CT molecular complexity index is 1140. The number of rotatable bonds is 8. The zero-order valence-corrected chi connectivity index (χ0v) is 21.6. The fourth-order valence-corrected chi connectivity index (χ4v) is 3.51. The van der Waals surface area contributed by atoms with Crippen molar-refractivity contribution in [3.05, 3.63) is 89.5 Å². The summed E-state index contributed by atoms with van der Waals surface area (Å²) in [6.07, 6.45) is 1.04. The highest BCUT2D eigenvalue weighted by Crippen LogP contribution is 2.28. The van der Waals surface area contributed by atoms with Crippen LogP contribution in [0.5, 0.6) is 5.75 Å². The molecule has 3 aromatic carbocycles. The number of amides is 2. The molecule has 0 aliphatic heterocycles. The Morgan fingerprint density at radius 3 is 1.74 bits per heavy atom. The molecule has 0 bridgehead atoms. The van der Waals surface area contributed by atoms with E-state index in [1.54, 1.807) is 24.3 Å². The Balaban J connectivity index is 1.50. The van der Waals surface area contributed by atoms with Crippen molar-refractivity contribution in [2.75, 3.05) is 17.2 Å². The fourth-order valence-electron chi connectivity index (χ4n) is 3.51. The molecule has 3 aromatic rings. The molecule has 0 aliphatic carbocycles. The number of hydrogen-bond donors (Lipinski definition) is 2. The molecule has 2 amide bonds. The van der Waals surface area contributed by atoms with E-state index in [2.05, 4.69) is 52.2 Å². The number of carbonyl (C=O) groups is 2. The number of carbonyl (C=O) groups excluding carboxylic acids is 2. The second-order valence-electron chi connectivity index (χ2n) is 10.5. The Hall–Kier alpha value is -3.60. The molecule has 184 valence electrons. The van der Waals surface area contributed by atoms with Gasteiger partial charge in [0.05, 0.1) is 0 Å². The van der Waals surface area contributed by atoms with Gasteiger partial charge in [-0.1, -0.05) is 65.8 Å². The molecule has 0 aliphatic rings. The lowest BCUT2D eigenvalue weighted by molar-refractivity contribution is -0.118. The van der Waals surface area contributed by atoms with Crippen LogP contribution in [-0.4, -0.2) is 18.4 Å². The van der Waals surface area contributed by atoms with Crippen LogP contribution in [-0.2, 0) is 15.6 Å². The highest BCUT2D eigenvalue weighted by atomic mass is 16.5. The van der Waals surface area contributed by atoms with Gasteiger partial charge in [0.25, 0.3) is 11.8 Å². The van der Waals surface area contributed by atoms with E-state index >= 15 is 0 Å². The van der Waals surface area contributed by atoms with Crippen LogP contribution in [0.15, 0.2) is 72.8 Å². The second-order valence-corrected chi connectivity index (χ2v) is 10.5. The van der Waals surface area contributed by atoms with E-state index < -0.39 is 0 Å². The third kappa shape index (κ3) is 7.19. The molecule has 0 atom stereocenters. The zero-order valence-electron chi connectivity index (χ0n) is 21.6. The molecule has 0 unspecified atom stereocenters. The first kappa shape index (κ1) is 26.0. The standard InChI is InChI=1S/C30H36N2O3/c1-7-30(5,6)23-12-18-26(19-13-23)35-20-27(33)31-24-14-16-25(17-15-24)32-28(34)21-8-10-22(11-9-21)29(2,3)4/h8-19H,7,20H2,1-6H3,(H,31,33)(H,32,34). The first-order valence-electron chi connectivity index (χ1n) is 12.0. The van der Waals surface area contributed by atoms with E-state index in [0.717, 1.165) is 6.42 Å². The quantitative estimate of drug-likeness (QED) is 0.373. The van der Waals surface area contributed by atoms with Gasteiger partial charge in [-0.25, -0.2) is 0 Å². The summed E-state index contributed by atoms with van der Waals surface area (Å²) in [5.74, 6) is 0.229. The Morgan fingerprint density at radius 2 is 1.23 bits per heavy atom. The largest absolute Gasteiger partial charge is 0.484 e. The van der Waals surface area contributed by atoms with Crippen LogP contribution in [0, 0.1) is 0 Å². The highest BCUT2D eigenvalue weighted by Gasteiger charge is 2.18. The minimum atomic E-state index is -0.251. The minimum Gasteiger partial charge on any atom is -0.484 e. The van der Waals surface area contributed by atoms with Crippen LogP contribution in [0.4, 0.5) is 11.4 Å². The second kappa shape index (κ2) is 10.8. The van der Waals surface area contributed by atoms with E-state index in [9.17, 15) is 9.59 Å². The summed E-state index contributed by atoms with van der Waals surface area (Å²) in [6, 6.07) is 22.5. The van der Waals surface area contributed by atoms with Crippen LogP contribution in [0.1, 0.15) is 69.4 Å². The lowest BCUT2D eigenvalue weighted by Gasteiger charge is -2.23. The number of ether oxygens (including phenoxy) is 1. The molecule has 0 fully saturated rings. The van der Waals surface area contributed by atoms with E-state index in [0.29, 0.717) is 22.7 Å². The fraction of sp³-hybridized carbons (Fsp3) is 0.333. The van der Waals surface area contributed by atoms with Crippen molar-refractivity contribution in [2.24, 2.45) is 0 Å². The summed E-state index contributed by atoms with van der Waals surface area (Å²) >= 11 is 0. The first-order valence-corrected chi connectivity index (χ1v) is 12.0. The molecule has 0 heterocycles. The van der Waals surface area contributed by atoms with Gasteiger partial charge < -0.3 is 15.4 Å². The minimum absolute atomic E-state index is 0.0385. The van der Waals surface area contributed by atoms with Gasteiger partial charge in [-0.2, -0.15) is 0 Å². The van der Waals surface area contributed by atoms with Gasteiger partial charge in [0.2, 0.25) is 0 Å². The maximum absolute atomic E-state index is 12.6. The molecular weight excluding hydrogens is 436 g/mol. The van der Waals surface area contributed by atoms with Crippen LogP contribution in [0.25, 0.3) is 0 Å². The topological polar surface area (TPSA) is 67.4 Å². The highest BCUT2D eigenvalue weighted by molar-refractivity contribution is 6.04. The van der Waals surface area contributed by atoms with Crippen molar-refractivity contribution < 1.29 is 14.3 Å². The zero-order chi connectivity index (χ0) is 25.6. The van der Waals surface area contributed by atoms with Crippen LogP contribution >= 0.6 is 0 Å². The average Bonchev–Trinajstić information content (AvgIpc) is 2.84. The summed E-state index contributed by atoms with van der Waals surface area (Å²) in [7, 11) is 0. The normalized spacial score (nSPS) is 11.6. The van der Waals surface area contributed by atoms with Crippen molar-refractivity contribution in [3.8, 4) is 5.75 Å². The molecule has 0 saturated heterocycles. The number of hydrogen-bond acceptors (Lipinski definition) is 3. The van der Waals surface area contributed by atoms with Gasteiger partial charge in [-0.05, 0) is 76.9 Å². The lowest BCUT2D eigenvalue weighted by Crippen LogP contribution is -2.20. The Labute approximate surface area is 208 Å². The van der Waals surface area contributed by atoms with Gasteiger partial charge in [0.15, 0.2) is 6.61 Å². The SMILES string of the molecule is CCC(C)(C)c1ccc(OCC(=O)Nc2ccc(NC(=O)c3ccc(C(C)(C)C)cc3)cc2)cc1. The van der Waals surface area contributed by atoms with E-state index in [4.69, 9.17) is 4.74 Å². The molecular formula is C30H36N2O3. The summed E-state index contributed by atoms with van der Waals surface area (Å²) in [5, 5.41) is 5.70. The predicted octanol–water partition coefficient (Wildman–Crippen LogP) is 6.94. The van der Waals surface area contributed by atoms with E-state index in [1.165, 1.54) is 11.1 Å². The Morgan fingerprint density at radius 1 is 0.714 bits per heavy atom. The number of nitrogens with one attached hydrogen (secondary N) is 2. The maximum Gasteiger partial charge on any atom is 0.262 e. The summed E-state index contributed by atoms with van der Waals surface area (Å²) in [5.41, 5.74) is 4.44. The van der Waals surface area contributed by atoms with Crippen LogP contribution in [0.2, 0.25) is 0 Å². The van der Waals surface area contributed by atoms with Gasteiger partial charge >= 0.3 is 0 Å². The molecule has 0 aromatic heterocycles. The Kier molecular flexibility index (Phi) is 8.00. The van der Waals surface area contributed by atoms with Gasteiger partial charge in [0, 0.05) is 16.9 Å². The average molecular weight is 473 g/mol. The van der Waals surface area contributed by atoms with Crippen LogP contribution < -0.4 is 15.4 Å². The molecule has 5 heteroatoms. The molecule has 5 nitrogen and oxygen atoms in total. The molecule has 3 rings (SSSR count). The van der Waals surface area contributed by atoms with Crippen molar-refractivity contribution >= 4 is 23.2 Å². The first-order chi connectivity index (χ1) is 16.5. The lowest BCUT2D eigenvalue weighted by atomic mass is 9.82. The monoisotopic (exact) mass is 472 g/mol. The molecule has 35 heavy (non-hydrogen) atoms. The van der Waals surface area contributed by atoms with Gasteiger partial charge in [0.1, 0.15) is 5.75 Å². The van der Waals surface area contributed by atoms with Crippen LogP contribution in [0.3, 0.4) is 0 Å². The summed E-state index contributed by atoms with van der Waals surface area (Å²) < 4.78 is 5.63. The number of anilines is 2. The molecule has 2 N–H and O–H groups in total. The van der Waals surface area contributed by atoms with E-state index in [-0.39, 0.29) is 29.3 Å². The maximum atomic E-state index is 12.6. The summed E-state index contributed by atoms with van der Waals surface area (Å²) in [6.45, 7) is 12.9. The molecule has 0 spiro atoms. The van der Waals surface area contributed by atoms with Gasteiger partial charge in [-0.15, -0.1) is 0 Å². The van der Waals surface area contributed by atoms with E-state index in [1.807, 2.05) is 48.5 Å². The third-order valence-electron chi connectivity index (χ3n) is 6.33. The summed E-state index contributed by atoms with van der Waals surface area (Å²) in [4.78, 5) is 24.9.